The summed E-state index contributed by atoms with van der Waals surface area (Å²) in [6.45, 7) is 2.37. The van der Waals surface area contributed by atoms with E-state index in [1.165, 1.54) is 11.1 Å². The van der Waals surface area contributed by atoms with Crippen molar-refractivity contribution in [2.45, 2.75) is 50.1 Å². The van der Waals surface area contributed by atoms with Crippen LogP contribution in [0, 0.1) is 0 Å². The van der Waals surface area contributed by atoms with Gasteiger partial charge in [-0.3, -0.25) is 9.80 Å². The number of benzene rings is 2. The lowest BCUT2D eigenvalue weighted by Gasteiger charge is -2.47. The van der Waals surface area contributed by atoms with Gasteiger partial charge < -0.3 is 20.4 Å². The third kappa shape index (κ3) is 5.66. The summed E-state index contributed by atoms with van der Waals surface area (Å²) in [5, 5.41) is 36.5. The molecule has 0 unspecified atom stereocenters. The molecule has 4 rings (SSSR count). The van der Waals surface area contributed by atoms with E-state index in [0.717, 1.165) is 25.9 Å². The lowest BCUT2D eigenvalue weighted by Crippen LogP contribution is -2.58. The Kier molecular flexibility index (Phi) is 8.81. The predicted octanol–water partition coefficient (Wildman–Crippen LogP) is 1.23. The zero-order valence-electron chi connectivity index (χ0n) is 17.4. The van der Waals surface area contributed by atoms with E-state index >= 15 is 0 Å². The Morgan fingerprint density at radius 1 is 0.533 bits per heavy atom. The number of hydrogen-bond acceptors (Lipinski definition) is 6. The van der Waals surface area contributed by atoms with E-state index in [4.69, 9.17) is 20.4 Å². The van der Waals surface area contributed by atoms with Gasteiger partial charge in [-0.2, -0.15) is 0 Å². The lowest BCUT2D eigenvalue weighted by atomic mass is 9.93. The van der Waals surface area contributed by atoms with E-state index in [9.17, 15) is 0 Å². The topological polar surface area (TPSA) is 87.4 Å². The van der Waals surface area contributed by atoms with Gasteiger partial charge in [0.05, 0.1) is 26.4 Å². The summed E-state index contributed by atoms with van der Waals surface area (Å²) >= 11 is 0. The summed E-state index contributed by atoms with van der Waals surface area (Å²) in [5.41, 5.74) is 2.46. The smallest absolute Gasteiger partial charge is 0.0587 e. The van der Waals surface area contributed by atoms with Gasteiger partial charge >= 0.3 is 0 Å². The lowest BCUT2D eigenvalue weighted by molar-refractivity contribution is -0.0475. The molecular formula is C24H34N2O4. The second-order valence-electron chi connectivity index (χ2n) is 8.13. The summed E-state index contributed by atoms with van der Waals surface area (Å²) < 4.78 is 0. The summed E-state index contributed by atoms with van der Waals surface area (Å²) in [6, 6.07) is 21.2. The fourth-order valence-electron chi connectivity index (χ4n) is 4.31. The van der Waals surface area contributed by atoms with Crippen molar-refractivity contribution in [1.29, 1.82) is 0 Å². The fraction of sp³-hybridized carbons (Fsp3) is 0.500. The van der Waals surface area contributed by atoms with Gasteiger partial charge in [-0.05, 0) is 24.0 Å². The Labute approximate surface area is 179 Å². The van der Waals surface area contributed by atoms with Crippen LogP contribution >= 0.6 is 0 Å². The number of aliphatic hydroxyl groups is 4. The van der Waals surface area contributed by atoms with Gasteiger partial charge in [-0.25, -0.2) is 0 Å². The number of nitrogens with zero attached hydrogens (tertiary/aromatic N) is 2. The molecule has 2 fully saturated rings. The normalized spacial score (nSPS) is 26.3. The molecule has 2 aliphatic heterocycles. The number of aliphatic hydroxyl groups excluding tert-OH is 4. The minimum absolute atomic E-state index is 0.184. The second kappa shape index (κ2) is 11.6. The molecule has 164 valence electrons. The van der Waals surface area contributed by atoms with Crippen LogP contribution in [0.5, 0.6) is 0 Å². The summed E-state index contributed by atoms with van der Waals surface area (Å²) in [4.78, 5) is 4.32. The molecule has 0 bridgehead atoms. The Balaban J connectivity index is 0.000000171. The first-order valence-electron chi connectivity index (χ1n) is 10.7. The van der Waals surface area contributed by atoms with E-state index in [2.05, 4.69) is 34.1 Å². The molecular weight excluding hydrogens is 380 g/mol. The van der Waals surface area contributed by atoms with Crippen molar-refractivity contribution in [3.8, 4) is 0 Å². The van der Waals surface area contributed by atoms with Crippen molar-refractivity contribution >= 4 is 0 Å². The highest BCUT2D eigenvalue weighted by atomic mass is 16.3. The van der Waals surface area contributed by atoms with Crippen LogP contribution in [0.2, 0.25) is 0 Å². The van der Waals surface area contributed by atoms with Crippen LogP contribution in [-0.2, 0) is 13.1 Å². The molecule has 0 spiro atoms. The Morgan fingerprint density at radius 3 is 1.10 bits per heavy atom. The Morgan fingerprint density at radius 2 is 0.833 bits per heavy atom. The molecule has 6 nitrogen and oxygen atoms in total. The van der Waals surface area contributed by atoms with Crippen molar-refractivity contribution in [2.75, 3.05) is 26.4 Å². The fourth-order valence-corrected chi connectivity index (χ4v) is 4.31. The van der Waals surface area contributed by atoms with Gasteiger partial charge in [0.1, 0.15) is 0 Å². The number of likely N-dealkylation sites (tertiary alicyclic amines) is 2. The zero-order valence-corrected chi connectivity index (χ0v) is 17.4. The minimum atomic E-state index is 0.184. The quantitative estimate of drug-likeness (QED) is 0.520. The maximum atomic E-state index is 9.12. The van der Waals surface area contributed by atoms with E-state index in [-0.39, 0.29) is 50.6 Å². The average Bonchev–Trinajstić information content (AvgIpc) is 2.77. The average molecular weight is 415 g/mol. The molecule has 0 aliphatic carbocycles. The van der Waals surface area contributed by atoms with Crippen LogP contribution in [0.25, 0.3) is 0 Å². The van der Waals surface area contributed by atoms with Gasteiger partial charge in [0.25, 0.3) is 0 Å². The van der Waals surface area contributed by atoms with Crippen molar-refractivity contribution < 1.29 is 20.4 Å². The Bertz CT molecular complexity index is 647. The maximum Gasteiger partial charge on any atom is 0.0587 e. The van der Waals surface area contributed by atoms with Crippen LogP contribution < -0.4 is 0 Å². The molecule has 2 aliphatic rings. The molecule has 2 saturated heterocycles. The van der Waals surface area contributed by atoms with Crippen molar-refractivity contribution in [3.63, 3.8) is 0 Å². The highest BCUT2D eigenvalue weighted by Crippen LogP contribution is 2.28. The monoisotopic (exact) mass is 414 g/mol. The van der Waals surface area contributed by atoms with Crippen LogP contribution in [-0.4, -0.2) is 80.8 Å². The molecule has 4 N–H and O–H groups in total. The molecule has 4 atom stereocenters. The summed E-state index contributed by atoms with van der Waals surface area (Å²) in [5.74, 6) is 0. The third-order valence-electron chi connectivity index (χ3n) is 6.22. The Hall–Kier alpha value is -1.80. The van der Waals surface area contributed by atoms with E-state index in [1.54, 1.807) is 0 Å². The standard InChI is InChI=1S/2C12H17NO2/c2*14-8-11-6-12(9-15)13(11)7-10-4-2-1-3-5-10/h2*1-5,11-12,14-15H,6-9H2/t2*11-,12-/m10/s1. The van der Waals surface area contributed by atoms with Crippen LogP contribution in [0.15, 0.2) is 60.7 Å². The van der Waals surface area contributed by atoms with Crippen LogP contribution in [0.1, 0.15) is 24.0 Å². The van der Waals surface area contributed by atoms with Gasteiger partial charge in [0.15, 0.2) is 0 Å². The van der Waals surface area contributed by atoms with Crippen molar-refractivity contribution in [1.82, 2.24) is 9.80 Å². The molecule has 0 aromatic heterocycles. The molecule has 6 heteroatoms. The number of hydrogen-bond donors (Lipinski definition) is 4. The summed E-state index contributed by atoms with van der Waals surface area (Å²) in [6.07, 6.45) is 1.81. The molecule has 2 aromatic rings. The van der Waals surface area contributed by atoms with Crippen LogP contribution in [0.4, 0.5) is 0 Å². The molecule has 2 aromatic carbocycles. The predicted molar refractivity (Wildman–Crippen MR) is 117 cm³/mol. The van der Waals surface area contributed by atoms with Gasteiger partial charge in [-0.15, -0.1) is 0 Å². The highest BCUT2D eigenvalue weighted by molar-refractivity contribution is 5.16. The molecule has 0 saturated carbocycles. The molecule has 30 heavy (non-hydrogen) atoms. The van der Waals surface area contributed by atoms with E-state index in [1.807, 2.05) is 36.4 Å². The highest BCUT2D eigenvalue weighted by Gasteiger charge is 2.37. The van der Waals surface area contributed by atoms with Crippen LogP contribution in [0.3, 0.4) is 0 Å². The zero-order chi connectivity index (χ0) is 21.3. The second-order valence-corrected chi connectivity index (χ2v) is 8.13. The number of rotatable bonds is 8. The van der Waals surface area contributed by atoms with Crippen molar-refractivity contribution in [2.24, 2.45) is 0 Å². The largest absolute Gasteiger partial charge is 0.395 e. The first-order valence-corrected chi connectivity index (χ1v) is 10.7. The first-order chi connectivity index (χ1) is 14.7. The summed E-state index contributed by atoms with van der Waals surface area (Å²) in [7, 11) is 0. The molecule has 2 heterocycles. The van der Waals surface area contributed by atoms with Gasteiger partial charge in [0, 0.05) is 37.3 Å². The van der Waals surface area contributed by atoms with Gasteiger partial charge in [0.2, 0.25) is 0 Å². The minimum Gasteiger partial charge on any atom is -0.395 e. The maximum absolute atomic E-state index is 9.12. The van der Waals surface area contributed by atoms with Crippen molar-refractivity contribution in [3.05, 3.63) is 71.8 Å². The van der Waals surface area contributed by atoms with Gasteiger partial charge in [-0.1, -0.05) is 60.7 Å². The SMILES string of the molecule is OC[C@@H]1C[C@@H](CO)N1Cc1ccccc1.OC[C@H]1C[C@H](CO)N1Cc1ccccc1. The first kappa shape index (κ1) is 22.9. The molecule has 0 radical (unpaired) electrons. The third-order valence-corrected chi connectivity index (χ3v) is 6.22. The molecule has 0 amide bonds. The van der Waals surface area contributed by atoms with E-state index < -0.39 is 0 Å². The van der Waals surface area contributed by atoms with E-state index in [0.29, 0.717) is 0 Å².